The van der Waals surface area contributed by atoms with Crippen LogP contribution in [0.5, 0.6) is 11.5 Å². The van der Waals surface area contributed by atoms with E-state index in [9.17, 15) is 4.79 Å². The Kier molecular flexibility index (Phi) is 2.88. The van der Waals surface area contributed by atoms with Crippen molar-refractivity contribution in [2.24, 2.45) is 4.99 Å². The fraction of sp³-hybridized carbons (Fsp3) is 0.462. The van der Waals surface area contributed by atoms with E-state index < -0.39 is 5.54 Å². The van der Waals surface area contributed by atoms with Crippen LogP contribution in [-0.4, -0.2) is 19.3 Å². The Morgan fingerprint density at radius 1 is 1.28 bits per heavy atom. The summed E-state index contributed by atoms with van der Waals surface area (Å²) in [6.45, 7) is 1.08. The van der Waals surface area contributed by atoms with Crippen molar-refractivity contribution in [3.05, 3.63) is 22.2 Å². The van der Waals surface area contributed by atoms with Crippen molar-refractivity contribution < 1.29 is 14.3 Å². The van der Waals surface area contributed by atoms with Crippen molar-refractivity contribution in [2.75, 3.05) is 13.2 Å². The quantitative estimate of drug-likeness (QED) is 0.623. The molecular formula is C13H12BrNO3. The molecule has 0 bridgehead atoms. The van der Waals surface area contributed by atoms with Crippen LogP contribution in [0.3, 0.4) is 0 Å². The molecule has 1 heterocycles. The third kappa shape index (κ3) is 1.66. The van der Waals surface area contributed by atoms with Gasteiger partial charge in [-0.1, -0.05) is 15.9 Å². The molecule has 0 amide bonds. The Balaban J connectivity index is 2.18. The first-order valence-corrected chi connectivity index (χ1v) is 6.74. The molecule has 0 aromatic heterocycles. The van der Waals surface area contributed by atoms with E-state index in [1.807, 2.05) is 12.1 Å². The van der Waals surface area contributed by atoms with E-state index in [4.69, 9.17) is 9.47 Å². The van der Waals surface area contributed by atoms with E-state index in [1.165, 1.54) is 0 Å². The Bertz CT molecular complexity index is 533. The van der Waals surface area contributed by atoms with Gasteiger partial charge in [-0.25, -0.2) is 4.79 Å². The molecule has 0 spiro atoms. The summed E-state index contributed by atoms with van der Waals surface area (Å²) >= 11 is 3.53. The van der Waals surface area contributed by atoms with Crippen molar-refractivity contribution in [3.63, 3.8) is 0 Å². The molecule has 94 valence electrons. The van der Waals surface area contributed by atoms with E-state index in [2.05, 4.69) is 20.9 Å². The lowest BCUT2D eigenvalue weighted by Crippen LogP contribution is -2.33. The summed E-state index contributed by atoms with van der Waals surface area (Å²) in [6.07, 6.45) is 4.45. The molecule has 0 unspecified atom stereocenters. The number of halogens is 1. The number of hydrogen-bond donors (Lipinski definition) is 0. The number of carbonyl (C=O) groups excluding carboxylic acids is 1. The van der Waals surface area contributed by atoms with Crippen molar-refractivity contribution >= 4 is 22.0 Å². The molecule has 5 heteroatoms. The van der Waals surface area contributed by atoms with Gasteiger partial charge in [0.1, 0.15) is 18.8 Å². The van der Waals surface area contributed by atoms with Crippen molar-refractivity contribution in [1.82, 2.24) is 0 Å². The lowest BCUT2D eigenvalue weighted by atomic mass is 9.72. The first-order chi connectivity index (χ1) is 8.77. The summed E-state index contributed by atoms with van der Waals surface area (Å²) in [5.41, 5.74) is 0.446. The molecule has 1 aliphatic heterocycles. The second-order valence-electron chi connectivity index (χ2n) is 4.53. The van der Waals surface area contributed by atoms with Gasteiger partial charge < -0.3 is 9.47 Å². The van der Waals surface area contributed by atoms with Gasteiger partial charge in [0.05, 0.1) is 0 Å². The molecule has 2 aliphatic rings. The van der Waals surface area contributed by atoms with Crippen LogP contribution in [-0.2, 0) is 10.3 Å². The fourth-order valence-corrected chi connectivity index (χ4v) is 3.22. The second-order valence-corrected chi connectivity index (χ2v) is 5.39. The van der Waals surface area contributed by atoms with E-state index in [0.717, 1.165) is 35.0 Å². The molecular weight excluding hydrogens is 298 g/mol. The molecule has 1 aromatic carbocycles. The maximum absolute atomic E-state index is 10.7. The Morgan fingerprint density at radius 2 is 2.06 bits per heavy atom. The van der Waals surface area contributed by atoms with Crippen LogP contribution in [0.1, 0.15) is 24.8 Å². The number of aliphatic imine (C=N–C) groups is 1. The molecule has 0 atom stereocenters. The van der Waals surface area contributed by atoms with Gasteiger partial charge >= 0.3 is 0 Å². The predicted octanol–water partition coefficient (Wildman–Crippen LogP) is 2.94. The number of nitrogens with zero attached hydrogens (tertiary/aromatic N) is 1. The number of hydrogen-bond acceptors (Lipinski definition) is 4. The van der Waals surface area contributed by atoms with E-state index in [0.29, 0.717) is 19.0 Å². The smallest absolute Gasteiger partial charge is 0.235 e. The average molecular weight is 310 g/mol. The highest BCUT2D eigenvalue weighted by atomic mass is 79.9. The Labute approximate surface area is 113 Å². The number of benzene rings is 1. The number of rotatable bonds is 2. The van der Waals surface area contributed by atoms with Crippen molar-refractivity contribution in [2.45, 2.75) is 24.8 Å². The minimum Gasteiger partial charge on any atom is -0.486 e. The average Bonchev–Trinajstić information content (AvgIpc) is 2.35. The summed E-state index contributed by atoms with van der Waals surface area (Å²) < 4.78 is 12.2. The lowest BCUT2D eigenvalue weighted by molar-refractivity contribution is 0.159. The summed E-state index contributed by atoms with van der Waals surface area (Å²) in [5, 5.41) is 0. The second kappa shape index (κ2) is 4.41. The zero-order valence-corrected chi connectivity index (χ0v) is 11.3. The van der Waals surface area contributed by atoms with Gasteiger partial charge in [0.25, 0.3) is 0 Å². The van der Waals surface area contributed by atoms with Gasteiger partial charge in [-0.2, -0.15) is 4.99 Å². The van der Waals surface area contributed by atoms with Crippen LogP contribution in [0.25, 0.3) is 0 Å². The van der Waals surface area contributed by atoms with Crippen LogP contribution in [0.15, 0.2) is 21.6 Å². The zero-order valence-electron chi connectivity index (χ0n) is 9.74. The maximum Gasteiger partial charge on any atom is 0.235 e. The van der Waals surface area contributed by atoms with Crippen LogP contribution in [0.4, 0.5) is 0 Å². The van der Waals surface area contributed by atoms with Crippen LogP contribution >= 0.6 is 15.9 Å². The molecule has 1 fully saturated rings. The third-order valence-electron chi connectivity index (χ3n) is 3.56. The maximum atomic E-state index is 10.7. The highest BCUT2D eigenvalue weighted by Gasteiger charge is 2.43. The first kappa shape index (κ1) is 11.8. The topological polar surface area (TPSA) is 47.9 Å². The Hall–Kier alpha value is -1.32. The largest absolute Gasteiger partial charge is 0.486 e. The molecule has 1 saturated carbocycles. The number of fused-ring (bicyclic) bond motifs is 1. The van der Waals surface area contributed by atoms with E-state index in [-0.39, 0.29) is 0 Å². The van der Waals surface area contributed by atoms with Gasteiger partial charge in [0, 0.05) is 10.0 Å². The normalized spacial score (nSPS) is 19.6. The SMILES string of the molecule is O=C=NC1(c2c(Br)ccc3c2OCCO3)CCC1. The molecule has 0 radical (unpaired) electrons. The predicted molar refractivity (Wildman–Crippen MR) is 68.8 cm³/mol. The third-order valence-corrected chi connectivity index (χ3v) is 4.22. The molecule has 1 aliphatic carbocycles. The number of isocyanates is 1. The number of ether oxygens (including phenoxy) is 2. The summed E-state index contributed by atoms with van der Waals surface area (Å²) in [7, 11) is 0. The van der Waals surface area contributed by atoms with Gasteiger partial charge in [-0.15, -0.1) is 0 Å². The Morgan fingerprint density at radius 3 is 2.72 bits per heavy atom. The standard InChI is InChI=1S/C13H12BrNO3/c14-9-2-3-10-12(18-7-6-17-10)11(9)13(15-8-16)4-1-5-13/h2-3H,1,4-7H2. The van der Waals surface area contributed by atoms with Gasteiger partial charge in [0.15, 0.2) is 11.5 Å². The molecule has 4 nitrogen and oxygen atoms in total. The van der Waals surface area contributed by atoms with Crippen molar-refractivity contribution in [3.8, 4) is 11.5 Å². The van der Waals surface area contributed by atoms with Crippen LogP contribution in [0.2, 0.25) is 0 Å². The van der Waals surface area contributed by atoms with Gasteiger partial charge in [0.2, 0.25) is 6.08 Å². The van der Waals surface area contributed by atoms with E-state index >= 15 is 0 Å². The monoisotopic (exact) mass is 309 g/mol. The minimum atomic E-state index is -0.480. The van der Waals surface area contributed by atoms with Gasteiger partial charge in [-0.05, 0) is 31.4 Å². The molecule has 1 aromatic rings. The molecule has 0 N–H and O–H groups in total. The highest BCUT2D eigenvalue weighted by molar-refractivity contribution is 9.10. The van der Waals surface area contributed by atoms with Gasteiger partial charge in [-0.3, -0.25) is 0 Å². The lowest BCUT2D eigenvalue weighted by Gasteiger charge is -2.39. The first-order valence-electron chi connectivity index (χ1n) is 5.94. The zero-order chi connectivity index (χ0) is 12.6. The van der Waals surface area contributed by atoms with Crippen molar-refractivity contribution in [1.29, 1.82) is 0 Å². The minimum absolute atomic E-state index is 0.480. The van der Waals surface area contributed by atoms with E-state index in [1.54, 1.807) is 6.08 Å². The summed E-state index contributed by atoms with van der Waals surface area (Å²) in [6, 6.07) is 3.79. The molecule has 18 heavy (non-hydrogen) atoms. The molecule has 0 saturated heterocycles. The molecule has 3 rings (SSSR count). The highest BCUT2D eigenvalue weighted by Crippen LogP contribution is 2.53. The van der Waals surface area contributed by atoms with Crippen LogP contribution in [0, 0.1) is 0 Å². The fourth-order valence-electron chi connectivity index (χ4n) is 2.54. The summed E-state index contributed by atoms with van der Waals surface area (Å²) in [4.78, 5) is 14.7. The van der Waals surface area contributed by atoms with Crippen LogP contribution < -0.4 is 9.47 Å². The summed E-state index contributed by atoms with van der Waals surface area (Å²) in [5.74, 6) is 1.45.